The van der Waals surface area contributed by atoms with E-state index in [1.807, 2.05) is 26.0 Å². The molecule has 0 spiro atoms. The number of benzene rings is 1. The average molecular weight is 221 g/mol. The van der Waals surface area contributed by atoms with Crippen LogP contribution in [0.25, 0.3) is 0 Å². The second kappa shape index (κ2) is 6.16. The number of aromatic hydroxyl groups is 1. The molecule has 0 bridgehead atoms. The van der Waals surface area contributed by atoms with Crippen LogP contribution in [-0.4, -0.2) is 17.1 Å². The van der Waals surface area contributed by atoms with Crippen molar-refractivity contribution >= 4 is 5.91 Å². The van der Waals surface area contributed by atoms with Gasteiger partial charge in [-0.2, -0.15) is 0 Å². The zero-order valence-corrected chi connectivity index (χ0v) is 9.86. The van der Waals surface area contributed by atoms with Gasteiger partial charge in [0.2, 0.25) is 5.91 Å². The maximum absolute atomic E-state index is 11.1. The molecule has 3 heteroatoms. The lowest BCUT2D eigenvalue weighted by Crippen LogP contribution is -2.32. The van der Waals surface area contributed by atoms with Gasteiger partial charge in [-0.3, -0.25) is 4.79 Å². The highest BCUT2D eigenvalue weighted by molar-refractivity contribution is 5.75. The van der Waals surface area contributed by atoms with Gasteiger partial charge in [-0.1, -0.05) is 19.1 Å². The third kappa shape index (κ3) is 4.34. The van der Waals surface area contributed by atoms with Crippen LogP contribution in [0.15, 0.2) is 24.3 Å². The molecule has 1 atom stereocenters. The normalized spacial score (nSPS) is 12.1. The van der Waals surface area contributed by atoms with Crippen LogP contribution in [0.3, 0.4) is 0 Å². The molecular formula is C13H19NO2. The van der Waals surface area contributed by atoms with Gasteiger partial charge in [0, 0.05) is 12.5 Å². The van der Waals surface area contributed by atoms with Gasteiger partial charge < -0.3 is 10.4 Å². The molecule has 0 aromatic heterocycles. The molecule has 0 aliphatic carbocycles. The van der Waals surface area contributed by atoms with Gasteiger partial charge in [0.25, 0.3) is 0 Å². The van der Waals surface area contributed by atoms with Crippen molar-refractivity contribution in [1.82, 2.24) is 5.32 Å². The Morgan fingerprint density at radius 1 is 1.38 bits per heavy atom. The Bertz CT molecular complexity index is 332. The van der Waals surface area contributed by atoms with Crippen LogP contribution in [-0.2, 0) is 11.2 Å². The van der Waals surface area contributed by atoms with Gasteiger partial charge in [-0.05, 0) is 37.5 Å². The topological polar surface area (TPSA) is 49.3 Å². The number of aryl methyl sites for hydroxylation is 1. The molecule has 2 N–H and O–H groups in total. The number of hydrogen-bond acceptors (Lipinski definition) is 2. The fourth-order valence-corrected chi connectivity index (χ4v) is 1.49. The third-order valence-corrected chi connectivity index (χ3v) is 2.53. The van der Waals surface area contributed by atoms with Crippen molar-refractivity contribution in [2.75, 3.05) is 0 Å². The van der Waals surface area contributed by atoms with Gasteiger partial charge in [-0.25, -0.2) is 0 Å². The molecule has 0 aliphatic heterocycles. The SMILES string of the molecule is CCC(=O)NC(C)CCc1ccc(O)cc1. The van der Waals surface area contributed by atoms with Gasteiger partial charge >= 0.3 is 0 Å². The van der Waals surface area contributed by atoms with Crippen LogP contribution in [0.5, 0.6) is 5.75 Å². The molecule has 1 unspecified atom stereocenters. The summed E-state index contributed by atoms with van der Waals surface area (Å²) in [6.07, 6.45) is 2.35. The first kappa shape index (κ1) is 12.6. The second-order valence-corrected chi connectivity index (χ2v) is 4.03. The van der Waals surface area contributed by atoms with E-state index in [4.69, 9.17) is 5.11 Å². The minimum absolute atomic E-state index is 0.0956. The molecule has 1 amide bonds. The summed E-state index contributed by atoms with van der Waals surface area (Å²) in [5.74, 6) is 0.384. The van der Waals surface area contributed by atoms with E-state index in [9.17, 15) is 4.79 Å². The maximum Gasteiger partial charge on any atom is 0.219 e. The quantitative estimate of drug-likeness (QED) is 0.801. The smallest absolute Gasteiger partial charge is 0.219 e. The molecule has 88 valence electrons. The molecule has 0 fully saturated rings. The zero-order valence-electron chi connectivity index (χ0n) is 9.86. The molecular weight excluding hydrogens is 202 g/mol. The molecule has 1 rings (SSSR count). The number of carbonyl (C=O) groups is 1. The monoisotopic (exact) mass is 221 g/mol. The largest absolute Gasteiger partial charge is 0.508 e. The van der Waals surface area contributed by atoms with E-state index in [1.165, 1.54) is 5.56 Å². The molecule has 1 aromatic carbocycles. The third-order valence-electron chi connectivity index (χ3n) is 2.53. The Hall–Kier alpha value is -1.51. The van der Waals surface area contributed by atoms with E-state index >= 15 is 0 Å². The Kier molecular flexibility index (Phi) is 4.83. The highest BCUT2D eigenvalue weighted by atomic mass is 16.3. The standard InChI is InChI=1S/C13H19NO2/c1-3-13(16)14-10(2)4-5-11-6-8-12(15)9-7-11/h6-10,15H,3-5H2,1-2H3,(H,14,16). The highest BCUT2D eigenvalue weighted by Crippen LogP contribution is 2.11. The molecule has 0 saturated carbocycles. The Balaban J connectivity index is 2.34. The van der Waals surface area contributed by atoms with Crippen molar-refractivity contribution in [3.05, 3.63) is 29.8 Å². The fourth-order valence-electron chi connectivity index (χ4n) is 1.49. The Morgan fingerprint density at radius 3 is 2.56 bits per heavy atom. The minimum atomic E-state index is 0.0956. The number of phenolic OH excluding ortho intramolecular Hbond substituents is 1. The van der Waals surface area contributed by atoms with E-state index in [1.54, 1.807) is 12.1 Å². The van der Waals surface area contributed by atoms with Gasteiger partial charge in [-0.15, -0.1) is 0 Å². The first-order valence-corrected chi connectivity index (χ1v) is 5.69. The second-order valence-electron chi connectivity index (χ2n) is 4.03. The maximum atomic E-state index is 11.1. The number of phenols is 1. The lowest BCUT2D eigenvalue weighted by atomic mass is 10.1. The molecule has 0 aliphatic rings. The lowest BCUT2D eigenvalue weighted by Gasteiger charge is -2.13. The van der Waals surface area contributed by atoms with E-state index in [0.717, 1.165) is 12.8 Å². The molecule has 0 heterocycles. The summed E-state index contributed by atoms with van der Waals surface area (Å²) in [4.78, 5) is 11.1. The predicted octanol–water partition coefficient (Wildman–Crippen LogP) is 2.24. The first-order valence-electron chi connectivity index (χ1n) is 5.69. The number of rotatable bonds is 5. The van der Waals surface area contributed by atoms with Crippen molar-refractivity contribution < 1.29 is 9.90 Å². The van der Waals surface area contributed by atoms with Gasteiger partial charge in [0.15, 0.2) is 0 Å². The van der Waals surface area contributed by atoms with Crippen molar-refractivity contribution in [2.24, 2.45) is 0 Å². The summed E-state index contributed by atoms with van der Waals surface area (Å²) in [5.41, 5.74) is 1.18. The van der Waals surface area contributed by atoms with E-state index in [0.29, 0.717) is 6.42 Å². The minimum Gasteiger partial charge on any atom is -0.508 e. The van der Waals surface area contributed by atoms with Crippen LogP contribution in [0, 0.1) is 0 Å². The van der Waals surface area contributed by atoms with E-state index in [2.05, 4.69) is 5.32 Å². The summed E-state index contributed by atoms with van der Waals surface area (Å²) in [6, 6.07) is 7.38. The van der Waals surface area contributed by atoms with E-state index < -0.39 is 0 Å². The number of carbonyl (C=O) groups excluding carboxylic acids is 1. The van der Waals surface area contributed by atoms with Crippen molar-refractivity contribution in [3.8, 4) is 5.75 Å². The predicted molar refractivity (Wildman–Crippen MR) is 64.3 cm³/mol. The highest BCUT2D eigenvalue weighted by Gasteiger charge is 2.05. The molecule has 16 heavy (non-hydrogen) atoms. The summed E-state index contributed by atoms with van der Waals surface area (Å²) < 4.78 is 0. The van der Waals surface area contributed by atoms with Gasteiger partial charge in [0.1, 0.15) is 5.75 Å². The summed E-state index contributed by atoms with van der Waals surface area (Å²) >= 11 is 0. The molecule has 3 nitrogen and oxygen atoms in total. The van der Waals surface area contributed by atoms with Crippen LogP contribution in [0.4, 0.5) is 0 Å². The zero-order chi connectivity index (χ0) is 12.0. The van der Waals surface area contributed by atoms with Gasteiger partial charge in [0.05, 0.1) is 0 Å². The van der Waals surface area contributed by atoms with Crippen LogP contribution >= 0.6 is 0 Å². The number of hydrogen-bond donors (Lipinski definition) is 2. The Labute approximate surface area is 96.5 Å². The number of nitrogens with one attached hydrogen (secondary N) is 1. The molecule has 0 radical (unpaired) electrons. The average Bonchev–Trinajstić information content (AvgIpc) is 2.28. The van der Waals surface area contributed by atoms with Crippen molar-refractivity contribution in [1.29, 1.82) is 0 Å². The first-order chi connectivity index (χ1) is 7.61. The summed E-state index contributed by atoms with van der Waals surface area (Å²) in [7, 11) is 0. The summed E-state index contributed by atoms with van der Waals surface area (Å²) in [5, 5.41) is 12.1. The Morgan fingerprint density at radius 2 is 2.00 bits per heavy atom. The van der Waals surface area contributed by atoms with Crippen LogP contribution in [0.1, 0.15) is 32.3 Å². The van der Waals surface area contributed by atoms with Crippen molar-refractivity contribution in [2.45, 2.75) is 39.2 Å². The summed E-state index contributed by atoms with van der Waals surface area (Å²) in [6.45, 7) is 3.86. The molecule has 0 saturated heterocycles. The van der Waals surface area contributed by atoms with Crippen LogP contribution in [0.2, 0.25) is 0 Å². The van der Waals surface area contributed by atoms with Crippen LogP contribution < -0.4 is 5.32 Å². The fraction of sp³-hybridized carbons (Fsp3) is 0.462. The lowest BCUT2D eigenvalue weighted by molar-refractivity contribution is -0.121. The van der Waals surface area contributed by atoms with Crippen molar-refractivity contribution in [3.63, 3.8) is 0 Å². The van der Waals surface area contributed by atoms with E-state index in [-0.39, 0.29) is 17.7 Å². The number of amides is 1. The molecule has 1 aromatic rings.